The van der Waals surface area contributed by atoms with E-state index in [9.17, 15) is 24.8 Å². The molecule has 36 heavy (non-hydrogen) atoms. The molecule has 9 heteroatoms. The first-order chi connectivity index (χ1) is 17.1. The van der Waals surface area contributed by atoms with Crippen molar-refractivity contribution in [3.63, 3.8) is 0 Å². The van der Waals surface area contributed by atoms with Crippen LogP contribution in [0.4, 0.5) is 5.69 Å². The second-order valence-electron chi connectivity index (χ2n) is 9.04. The Hall–Kier alpha value is -4.11. The summed E-state index contributed by atoms with van der Waals surface area (Å²) in [5.74, 6) is -1.06. The molecule has 9 nitrogen and oxygen atoms in total. The lowest BCUT2D eigenvalue weighted by atomic mass is 9.77. The monoisotopic (exact) mass is 488 g/mol. The lowest BCUT2D eigenvalue weighted by Crippen LogP contribution is -2.38. The summed E-state index contributed by atoms with van der Waals surface area (Å²) in [5, 5.41) is 22.1. The van der Waals surface area contributed by atoms with E-state index in [0.29, 0.717) is 28.1 Å². The number of hydrogen-bond donors (Lipinski definition) is 1. The molecule has 0 bridgehead atoms. The van der Waals surface area contributed by atoms with Crippen molar-refractivity contribution >= 4 is 28.3 Å². The van der Waals surface area contributed by atoms with Crippen molar-refractivity contribution < 1.29 is 19.6 Å². The highest BCUT2D eigenvalue weighted by Gasteiger charge is 2.37. The minimum atomic E-state index is -0.815. The Morgan fingerprint density at radius 3 is 2.14 bits per heavy atom. The Morgan fingerprint density at radius 2 is 1.58 bits per heavy atom. The molecule has 1 N–H and O–H groups in total. The fourth-order valence-corrected chi connectivity index (χ4v) is 5.07. The fraction of sp³-hybridized carbons (Fsp3) is 0.296. The molecular weight excluding hydrogens is 460 g/mol. The maximum absolute atomic E-state index is 12.9. The molecule has 186 valence electrons. The molecule has 1 unspecified atom stereocenters. The number of non-ortho nitro benzene ring substituents is 1. The van der Waals surface area contributed by atoms with Crippen molar-refractivity contribution in [2.45, 2.75) is 46.3 Å². The molecule has 0 fully saturated rings. The number of nitro groups is 1. The number of benzene rings is 2. The lowest BCUT2D eigenvalue weighted by molar-refractivity contribution is -0.384. The number of hydrogen-bond acceptors (Lipinski definition) is 7. The number of nitro benzene ring substituents is 1. The molecule has 0 spiro atoms. The summed E-state index contributed by atoms with van der Waals surface area (Å²) in [6, 6.07) is 13.6. The molecule has 0 saturated carbocycles. The number of Topliss-reactive ketones (excluding diaryl/α,β-unsaturated/α-hetero) is 2. The van der Waals surface area contributed by atoms with Gasteiger partial charge >= 0.3 is 0 Å². The maximum atomic E-state index is 12.9. The number of β-amino-alcohol motifs (C(OH)–C–C–N with tert-alkyl or cyclic N) is 1. The smallest absolute Gasteiger partial charge is 0.269 e. The minimum Gasteiger partial charge on any atom is -0.389 e. The Bertz CT molecular complexity index is 1380. The van der Waals surface area contributed by atoms with E-state index in [2.05, 4.69) is 4.98 Å². The van der Waals surface area contributed by atoms with E-state index in [-0.39, 0.29) is 30.3 Å². The third-order valence-corrected chi connectivity index (χ3v) is 6.69. The Balaban J connectivity index is 1.71. The quantitative estimate of drug-likeness (QED) is 0.374. The predicted octanol–water partition coefficient (Wildman–Crippen LogP) is 4.13. The van der Waals surface area contributed by atoms with Gasteiger partial charge in [0.2, 0.25) is 0 Å². The van der Waals surface area contributed by atoms with Crippen molar-refractivity contribution in [1.29, 1.82) is 0 Å². The molecule has 4 rings (SSSR count). The standard InChI is InChI=1S/C27H28N4O5/c1-16-25(18(3)32)27(20-9-11-21(12-10-20)31(35)36)26(19(4)33)17(2)30(16)14-22(34)13-29-15-28-23-7-5-6-8-24(23)29/h5-12,15,22,27,34H,13-14H2,1-4H3. The van der Waals surface area contributed by atoms with Crippen LogP contribution in [0.15, 0.2) is 77.4 Å². The van der Waals surface area contributed by atoms with Crippen LogP contribution in [0.5, 0.6) is 0 Å². The van der Waals surface area contributed by atoms with Gasteiger partial charge in [-0.05, 0) is 45.4 Å². The second kappa shape index (κ2) is 9.87. The molecule has 1 aliphatic rings. The molecule has 1 aliphatic heterocycles. The molecule has 3 aromatic rings. The first-order valence-corrected chi connectivity index (χ1v) is 11.6. The number of allylic oxidation sites excluding steroid dienone is 4. The van der Waals surface area contributed by atoms with Crippen molar-refractivity contribution in [3.8, 4) is 0 Å². The Kier molecular flexibility index (Phi) is 6.85. The van der Waals surface area contributed by atoms with Gasteiger partial charge in [0.1, 0.15) is 0 Å². The van der Waals surface area contributed by atoms with Crippen LogP contribution in [-0.2, 0) is 16.1 Å². The molecule has 0 aliphatic carbocycles. The van der Waals surface area contributed by atoms with E-state index in [0.717, 1.165) is 11.0 Å². The average Bonchev–Trinajstić information content (AvgIpc) is 3.23. The van der Waals surface area contributed by atoms with Crippen LogP contribution in [0.3, 0.4) is 0 Å². The largest absolute Gasteiger partial charge is 0.389 e. The Labute approximate surface area is 208 Å². The zero-order valence-corrected chi connectivity index (χ0v) is 20.6. The van der Waals surface area contributed by atoms with Gasteiger partial charge in [-0.25, -0.2) is 4.98 Å². The first-order valence-electron chi connectivity index (χ1n) is 11.6. The normalized spacial score (nSPS) is 15.5. The summed E-state index contributed by atoms with van der Waals surface area (Å²) < 4.78 is 1.87. The Morgan fingerprint density at radius 1 is 1.00 bits per heavy atom. The SMILES string of the molecule is CC(=O)C1=C(C)N(CC(O)Cn2cnc3ccccc32)C(C)=C(C(C)=O)C1c1ccc([N+](=O)[O-])cc1. The van der Waals surface area contributed by atoms with Gasteiger partial charge in [-0.1, -0.05) is 24.3 Å². The number of aliphatic hydroxyl groups is 1. The zero-order chi connectivity index (χ0) is 26.1. The van der Waals surface area contributed by atoms with E-state index < -0.39 is 16.9 Å². The van der Waals surface area contributed by atoms with Gasteiger partial charge in [0.15, 0.2) is 11.6 Å². The number of nitrogens with zero attached hydrogens (tertiary/aromatic N) is 4. The van der Waals surface area contributed by atoms with Crippen LogP contribution >= 0.6 is 0 Å². The van der Waals surface area contributed by atoms with Gasteiger partial charge in [-0.15, -0.1) is 0 Å². The summed E-state index contributed by atoms with van der Waals surface area (Å²) in [6.07, 6.45) is 0.868. The van der Waals surface area contributed by atoms with Crippen molar-refractivity contribution in [3.05, 3.63) is 93.1 Å². The summed E-state index contributed by atoms with van der Waals surface area (Å²) in [5.41, 5.74) is 4.44. The van der Waals surface area contributed by atoms with Gasteiger partial charge in [0.05, 0.1) is 41.5 Å². The van der Waals surface area contributed by atoms with Gasteiger partial charge < -0.3 is 14.6 Å². The first kappa shape index (κ1) is 25.0. The number of carbonyl (C=O) groups is 2. The number of ketones is 2. The molecule has 0 amide bonds. The molecule has 1 aromatic heterocycles. The fourth-order valence-electron chi connectivity index (χ4n) is 5.07. The molecule has 0 saturated heterocycles. The van der Waals surface area contributed by atoms with Crippen LogP contribution in [0, 0.1) is 10.1 Å². The molecular formula is C27H28N4O5. The topological polar surface area (TPSA) is 119 Å². The van der Waals surface area contributed by atoms with Crippen LogP contribution in [0.1, 0.15) is 39.2 Å². The van der Waals surface area contributed by atoms with Gasteiger partial charge in [-0.3, -0.25) is 19.7 Å². The number of aromatic nitrogens is 2. The minimum absolute atomic E-state index is 0.0681. The third kappa shape index (κ3) is 4.57. The summed E-state index contributed by atoms with van der Waals surface area (Å²) in [6.45, 7) is 6.95. The van der Waals surface area contributed by atoms with E-state index >= 15 is 0 Å². The molecule has 2 aromatic carbocycles. The van der Waals surface area contributed by atoms with Crippen molar-refractivity contribution in [1.82, 2.24) is 14.5 Å². The lowest BCUT2D eigenvalue weighted by Gasteiger charge is -2.39. The van der Waals surface area contributed by atoms with Gasteiger partial charge in [0.25, 0.3) is 5.69 Å². The number of fused-ring (bicyclic) bond motifs is 1. The number of carbonyl (C=O) groups excluding carboxylic acids is 2. The number of rotatable bonds is 8. The number of imidazole rings is 1. The van der Waals surface area contributed by atoms with Crippen LogP contribution in [0.2, 0.25) is 0 Å². The second-order valence-corrected chi connectivity index (χ2v) is 9.04. The molecule has 2 heterocycles. The molecule has 1 atom stereocenters. The van der Waals surface area contributed by atoms with Crippen molar-refractivity contribution in [2.24, 2.45) is 0 Å². The van der Waals surface area contributed by atoms with Crippen LogP contribution in [-0.4, -0.2) is 48.7 Å². The van der Waals surface area contributed by atoms with Crippen LogP contribution in [0.25, 0.3) is 11.0 Å². The van der Waals surface area contributed by atoms with E-state index in [1.165, 1.54) is 26.0 Å². The average molecular weight is 489 g/mol. The highest BCUT2D eigenvalue weighted by atomic mass is 16.6. The summed E-state index contributed by atoms with van der Waals surface area (Å²) >= 11 is 0. The summed E-state index contributed by atoms with van der Waals surface area (Å²) in [7, 11) is 0. The van der Waals surface area contributed by atoms with E-state index in [1.54, 1.807) is 32.3 Å². The van der Waals surface area contributed by atoms with E-state index in [4.69, 9.17) is 0 Å². The van der Waals surface area contributed by atoms with Gasteiger partial charge in [0, 0.05) is 40.6 Å². The van der Waals surface area contributed by atoms with Crippen molar-refractivity contribution in [2.75, 3.05) is 6.54 Å². The summed E-state index contributed by atoms with van der Waals surface area (Å²) in [4.78, 5) is 42.6. The third-order valence-electron chi connectivity index (χ3n) is 6.69. The predicted molar refractivity (Wildman–Crippen MR) is 135 cm³/mol. The van der Waals surface area contributed by atoms with Gasteiger partial charge in [-0.2, -0.15) is 0 Å². The number of aliphatic hydroxyl groups excluding tert-OH is 1. The van der Waals surface area contributed by atoms with Crippen LogP contribution < -0.4 is 0 Å². The zero-order valence-electron chi connectivity index (χ0n) is 20.6. The maximum Gasteiger partial charge on any atom is 0.269 e. The highest BCUT2D eigenvalue weighted by molar-refractivity contribution is 6.03. The van der Waals surface area contributed by atoms with E-state index in [1.807, 2.05) is 33.7 Å². The highest BCUT2D eigenvalue weighted by Crippen LogP contribution is 2.43. The molecule has 0 radical (unpaired) electrons. The number of para-hydroxylation sites is 2.